The number of rotatable bonds is 4. The Morgan fingerprint density at radius 1 is 1.12 bits per heavy atom. The standard InChI is InChI=1S/C25H26FN5O2/c26-20-8-6-18(7-9-20)14-29-24(33)30-12-10-25(11-13-30)22(19-4-2-1-3-5-19)31(23(25)32)21-15-27-17-28-16-21/h1-9,15,17,22H,10-14,16H2,(H,27,28)(H,29,33). The molecular formula is C25H26FN5O2. The molecule has 5 rings (SSSR count). The molecule has 7 nitrogen and oxygen atoms in total. The molecule has 3 aliphatic rings. The van der Waals surface area contributed by atoms with E-state index in [4.69, 9.17) is 0 Å². The number of carbonyl (C=O) groups is 2. The number of likely N-dealkylation sites (tertiary alicyclic amines) is 2. The van der Waals surface area contributed by atoms with Gasteiger partial charge in [-0.05, 0) is 36.1 Å². The average molecular weight is 448 g/mol. The summed E-state index contributed by atoms with van der Waals surface area (Å²) >= 11 is 0. The minimum atomic E-state index is -0.517. The Balaban J connectivity index is 1.28. The van der Waals surface area contributed by atoms with Gasteiger partial charge < -0.3 is 20.4 Å². The van der Waals surface area contributed by atoms with E-state index in [2.05, 4.69) is 27.8 Å². The summed E-state index contributed by atoms with van der Waals surface area (Å²) < 4.78 is 13.1. The van der Waals surface area contributed by atoms with Crippen LogP contribution in [0.2, 0.25) is 0 Å². The normalized spacial score (nSPS) is 21.3. The van der Waals surface area contributed by atoms with E-state index in [9.17, 15) is 14.0 Å². The van der Waals surface area contributed by atoms with Gasteiger partial charge in [0, 0.05) is 25.8 Å². The second-order valence-electron chi connectivity index (χ2n) is 8.69. The first kappa shape index (κ1) is 21.2. The van der Waals surface area contributed by atoms with Gasteiger partial charge in [0.25, 0.3) is 0 Å². The Kier molecular flexibility index (Phi) is 5.58. The molecule has 1 atom stereocenters. The molecule has 0 aromatic heterocycles. The molecule has 3 heterocycles. The van der Waals surface area contributed by atoms with Crippen LogP contribution in [0.4, 0.5) is 9.18 Å². The van der Waals surface area contributed by atoms with E-state index in [0.29, 0.717) is 39.0 Å². The summed E-state index contributed by atoms with van der Waals surface area (Å²) in [4.78, 5) is 34.1. The molecule has 1 spiro atoms. The summed E-state index contributed by atoms with van der Waals surface area (Å²) in [6.45, 7) is 1.82. The molecule has 3 aliphatic heterocycles. The van der Waals surface area contributed by atoms with E-state index < -0.39 is 5.41 Å². The van der Waals surface area contributed by atoms with Crippen LogP contribution in [0.1, 0.15) is 30.0 Å². The highest BCUT2D eigenvalue weighted by molar-refractivity contribution is 5.93. The molecule has 0 radical (unpaired) electrons. The van der Waals surface area contributed by atoms with Crippen LogP contribution in [0.15, 0.2) is 71.5 Å². The number of hydrogen-bond donors (Lipinski definition) is 2. The lowest BCUT2D eigenvalue weighted by Crippen LogP contribution is -2.66. The molecule has 8 heteroatoms. The number of benzene rings is 2. The van der Waals surface area contributed by atoms with Crippen molar-refractivity contribution in [3.05, 3.63) is 83.4 Å². The summed E-state index contributed by atoms with van der Waals surface area (Å²) in [5.74, 6) is -0.196. The first-order valence-corrected chi connectivity index (χ1v) is 11.2. The second kappa shape index (κ2) is 8.69. The maximum atomic E-state index is 13.5. The lowest BCUT2D eigenvalue weighted by Gasteiger charge is -2.59. The third kappa shape index (κ3) is 3.86. The third-order valence-corrected chi connectivity index (χ3v) is 6.82. The van der Waals surface area contributed by atoms with Gasteiger partial charge in [-0.15, -0.1) is 0 Å². The van der Waals surface area contributed by atoms with Gasteiger partial charge in [0.1, 0.15) is 5.82 Å². The van der Waals surface area contributed by atoms with E-state index in [1.807, 2.05) is 29.3 Å². The largest absolute Gasteiger partial charge is 0.351 e. The fourth-order valence-electron chi connectivity index (χ4n) is 5.06. The number of hydrogen-bond acceptors (Lipinski definition) is 4. The van der Waals surface area contributed by atoms with Crippen LogP contribution in [-0.2, 0) is 11.3 Å². The van der Waals surface area contributed by atoms with Crippen molar-refractivity contribution in [1.29, 1.82) is 0 Å². The van der Waals surface area contributed by atoms with Gasteiger partial charge in [0.2, 0.25) is 5.91 Å². The first-order valence-electron chi connectivity index (χ1n) is 11.2. The predicted molar refractivity (Wildman–Crippen MR) is 122 cm³/mol. The molecule has 0 aliphatic carbocycles. The molecule has 33 heavy (non-hydrogen) atoms. The number of piperidine rings is 1. The van der Waals surface area contributed by atoms with Crippen molar-refractivity contribution in [1.82, 2.24) is 20.4 Å². The lowest BCUT2D eigenvalue weighted by molar-refractivity contribution is -0.174. The summed E-state index contributed by atoms with van der Waals surface area (Å²) in [6.07, 6.45) is 4.68. The van der Waals surface area contributed by atoms with Crippen molar-refractivity contribution < 1.29 is 14.0 Å². The number of halogens is 1. The van der Waals surface area contributed by atoms with E-state index in [-0.39, 0.29) is 23.8 Å². The highest BCUT2D eigenvalue weighted by atomic mass is 19.1. The van der Waals surface area contributed by atoms with Crippen LogP contribution in [0.3, 0.4) is 0 Å². The van der Waals surface area contributed by atoms with Crippen molar-refractivity contribution in [2.45, 2.75) is 25.4 Å². The minimum absolute atomic E-state index is 0.0722. The van der Waals surface area contributed by atoms with Gasteiger partial charge in [-0.3, -0.25) is 9.79 Å². The molecule has 2 aromatic rings. The summed E-state index contributed by atoms with van der Waals surface area (Å²) in [5, 5.41) is 5.89. The topological polar surface area (TPSA) is 77.0 Å². The minimum Gasteiger partial charge on any atom is -0.351 e. The Hall–Kier alpha value is -3.68. The molecule has 0 bridgehead atoms. The number of urea groups is 1. The van der Waals surface area contributed by atoms with Gasteiger partial charge in [-0.1, -0.05) is 42.5 Å². The van der Waals surface area contributed by atoms with E-state index in [1.54, 1.807) is 23.4 Å². The fraction of sp³-hybridized carbons (Fsp3) is 0.320. The van der Waals surface area contributed by atoms with E-state index >= 15 is 0 Å². The maximum Gasteiger partial charge on any atom is 0.317 e. The predicted octanol–water partition coefficient (Wildman–Crippen LogP) is 3.17. The smallest absolute Gasteiger partial charge is 0.317 e. The fourth-order valence-corrected chi connectivity index (χ4v) is 5.06. The van der Waals surface area contributed by atoms with Gasteiger partial charge in [-0.25, -0.2) is 9.18 Å². The lowest BCUT2D eigenvalue weighted by atomic mass is 9.62. The molecular weight excluding hydrogens is 421 g/mol. The Labute approximate surface area is 192 Å². The van der Waals surface area contributed by atoms with Crippen LogP contribution in [0.25, 0.3) is 0 Å². The van der Waals surface area contributed by atoms with Crippen LogP contribution < -0.4 is 10.6 Å². The van der Waals surface area contributed by atoms with Crippen molar-refractivity contribution in [3.8, 4) is 0 Å². The Morgan fingerprint density at radius 3 is 2.52 bits per heavy atom. The third-order valence-electron chi connectivity index (χ3n) is 6.82. The van der Waals surface area contributed by atoms with Crippen molar-refractivity contribution in [2.75, 3.05) is 19.6 Å². The zero-order chi connectivity index (χ0) is 22.8. The highest BCUT2D eigenvalue weighted by Crippen LogP contribution is 2.57. The van der Waals surface area contributed by atoms with Gasteiger partial charge in [0.15, 0.2) is 0 Å². The van der Waals surface area contributed by atoms with Gasteiger partial charge in [-0.2, -0.15) is 0 Å². The van der Waals surface area contributed by atoms with E-state index in [1.165, 1.54) is 12.1 Å². The number of β-lactam (4-membered cyclic amide) rings is 1. The zero-order valence-electron chi connectivity index (χ0n) is 18.2. The summed E-state index contributed by atoms with van der Waals surface area (Å²) in [5.41, 5.74) is 2.28. The van der Waals surface area contributed by atoms with Crippen LogP contribution in [0.5, 0.6) is 0 Å². The van der Waals surface area contributed by atoms with Crippen molar-refractivity contribution >= 4 is 18.3 Å². The molecule has 0 saturated carbocycles. The summed E-state index contributed by atoms with van der Waals surface area (Å²) in [6, 6.07) is 15.9. The maximum absolute atomic E-state index is 13.5. The van der Waals surface area contributed by atoms with Crippen molar-refractivity contribution in [2.24, 2.45) is 10.4 Å². The molecule has 170 valence electrons. The molecule has 2 saturated heterocycles. The number of carbonyl (C=O) groups excluding carboxylic acids is 2. The number of aliphatic imine (C=N–C) groups is 1. The average Bonchev–Trinajstić information content (AvgIpc) is 2.87. The Bertz CT molecular complexity index is 1090. The van der Waals surface area contributed by atoms with Crippen LogP contribution in [0, 0.1) is 11.2 Å². The molecule has 2 N–H and O–H groups in total. The second-order valence-corrected chi connectivity index (χ2v) is 8.69. The molecule has 3 amide bonds. The van der Waals surface area contributed by atoms with Crippen LogP contribution >= 0.6 is 0 Å². The van der Waals surface area contributed by atoms with E-state index in [0.717, 1.165) is 16.8 Å². The first-order chi connectivity index (χ1) is 16.1. The highest BCUT2D eigenvalue weighted by Gasteiger charge is 2.62. The van der Waals surface area contributed by atoms with Gasteiger partial charge >= 0.3 is 6.03 Å². The molecule has 2 fully saturated rings. The van der Waals surface area contributed by atoms with Crippen molar-refractivity contribution in [3.63, 3.8) is 0 Å². The molecule has 2 aromatic carbocycles. The monoisotopic (exact) mass is 447 g/mol. The quantitative estimate of drug-likeness (QED) is 0.707. The SMILES string of the molecule is O=C(NCc1ccc(F)cc1)N1CCC2(CC1)C(=O)N(C1=CNC=NC1)C2c1ccccc1. The number of amides is 3. The Morgan fingerprint density at radius 2 is 1.85 bits per heavy atom. The summed E-state index contributed by atoms with van der Waals surface area (Å²) in [7, 11) is 0. The number of nitrogens with one attached hydrogen (secondary N) is 2. The van der Waals surface area contributed by atoms with Crippen LogP contribution in [-0.4, -0.2) is 47.7 Å². The zero-order valence-corrected chi connectivity index (χ0v) is 18.2. The van der Waals surface area contributed by atoms with Gasteiger partial charge in [0.05, 0.1) is 30.0 Å². The number of nitrogens with zero attached hydrogens (tertiary/aromatic N) is 3. The molecule has 1 unspecified atom stereocenters.